The zero-order valence-corrected chi connectivity index (χ0v) is 20.3. The Kier molecular flexibility index (Phi) is 5.77. The van der Waals surface area contributed by atoms with Crippen LogP contribution in [0.2, 0.25) is 0 Å². The Bertz CT molecular complexity index is 819. The fraction of sp³-hybridized carbons (Fsp3) is 0.793. The zero-order chi connectivity index (χ0) is 22.7. The summed E-state index contributed by atoms with van der Waals surface area (Å²) in [6, 6.07) is 6.77. The highest BCUT2D eigenvalue weighted by Crippen LogP contribution is 2.68. The molecule has 178 valence electrons. The normalized spacial score (nSPS) is 45.4. The van der Waals surface area contributed by atoms with E-state index < -0.39 is 5.60 Å². The Labute approximate surface area is 194 Å². The van der Waals surface area contributed by atoms with Gasteiger partial charge < -0.3 is 10.2 Å². The second kappa shape index (κ2) is 8.08. The summed E-state index contributed by atoms with van der Waals surface area (Å²) in [5, 5.41) is 22.0. The van der Waals surface area contributed by atoms with Crippen molar-refractivity contribution in [3.8, 4) is 0 Å². The summed E-state index contributed by atoms with van der Waals surface area (Å²) >= 11 is 0. The van der Waals surface area contributed by atoms with Gasteiger partial charge in [0, 0.05) is 0 Å². The molecule has 1 aromatic carbocycles. The smallest absolute Gasteiger partial charge is 0.123 e. The lowest BCUT2D eigenvalue weighted by atomic mass is 9.44. The van der Waals surface area contributed by atoms with Gasteiger partial charge in [0.25, 0.3) is 0 Å². The molecular formula is C29H43FO2. The van der Waals surface area contributed by atoms with Crippen LogP contribution in [-0.2, 0) is 6.42 Å². The lowest BCUT2D eigenvalue weighted by Crippen LogP contribution is -2.55. The van der Waals surface area contributed by atoms with Gasteiger partial charge in [-0.3, -0.25) is 0 Å². The molecule has 32 heavy (non-hydrogen) atoms. The summed E-state index contributed by atoms with van der Waals surface area (Å²) in [6.07, 6.45) is 12.2. The van der Waals surface area contributed by atoms with Crippen molar-refractivity contribution >= 4 is 0 Å². The van der Waals surface area contributed by atoms with E-state index >= 15 is 0 Å². The molecule has 0 unspecified atom stereocenters. The van der Waals surface area contributed by atoms with Crippen LogP contribution in [-0.4, -0.2) is 21.9 Å². The maximum Gasteiger partial charge on any atom is 0.123 e. The van der Waals surface area contributed by atoms with E-state index in [1.807, 2.05) is 12.1 Å². The molecule has 5 rings (SSSR count). The second-order valence-electron chi connectivity index (χ2n) is 12.7. The number of aryl methyl sites for hydroxylation is 1. The summed E-state index contributed by atoms with van der Waals surface area (Å²) in [6.45, 7) is 7.12. The lowest BCUT2D eigenvalue weighted by molar-refractivity contribution is -0.144. The van der Waals surface area contributed by atoms with E-state index in [0.29, 0.717) is 17.3 Å². The molecule has 4 saturated carbocycles. The van der Waals surface area contributed by atoms with Gasteiger partial charge in [0.15, 0.2) is 0 Å². The van der Waals surface area contributed by atoms with E-state index in [9.17, 15) is 14.6 Å². The fourth-order valence-corrected chi connectivity index (χ4v) is 9.48. The molecule has 0 amide bonds. The van der Waals surface area contributed by atoms with Crippen molar-refractivity contribution in [1.29, 1.82) is 0 Å². The lowest BCUT2D eigenvalue weighted by Gasteiger charge is -2.61. The van der Waals surface area contributed by atoms with Gasteiger partial charge >= 0.3 is 0 Å². The zero-order valence-electron chi connectivity index (χ0n) is 20.3. The van der Waals surface area contributed by atoms with E-state index in [4.69, 9.17) is 0 Å². The highest BCUT2D eigenvalue weighted by Gasteiger charge is 2.62. The molecule has 3 heteroatoms. The summed E-state index contributed by atoms with van der Waals surface area (Å²) in [7, 11) is 0. The van der Waals surface area contributed by atoms with Gasteiger partial charge in [0.2, 0.25) is 0 Å². The van der Waals surface area contributed by atoms with Crippen molar-refractivity contribution < 1.29 is 14.6 Å². The molecule has 0 aliphatic heterocycles. The van der Waals surface area contributed by atoms with Gasteiger partial charge in [-0.2, -0.15) is 0 Å². The average Bonchev–Trinajstić information content (AvgIpc) is 3.12. The third kappa shape index (κ3) is 3.66. The monoisotopic (exact) mass is 442 g/mol. The average molecular weight is 443 g/mol. The van der Waals surface area contributed by atoms with Crippen LogP contribution in [0.4, 0.5) is 4.39 Å². The van der Waals surface area contributed by atoms with Gasteiger partial charge in [-0.1, -0.05) is 26.0 Å². The number of aliphatic hydroxyl groups excluding tert-OH is 1. The van der Waals surface area contributed by atoms with Crippen molar-refractivity contribution in [2.24, 2.45) is 40.4 Å². The van der Waals surface area contributed by atoms with E-state index in [1.54, 1.807) is 0 Å². The van der Waals surface area contributed by atoms with Crippen LogP contribution in [0.25, 0.3) is 0 Å². The van der Waals surface area contributed by atoms with Gasteiger partial charge in [0.1, 0.15) is 5.82 Å². The molecule has 0 radical (unpaired) electrons. The highest BCUT2D eigenvalue weighted by molar-refractivity contribution is 5.17. The molecule has 1 aromatic rings. The number of hydrogen-bond acceptors (Lipinski definition) is 2. The molecule has 0 spiro atoms. The number of rotatable bonds is 4. The molecule has 4 aliphatic carbocycles. The Morgan fingerprint density at radius 3 is 2.38 bits per heavy atom. The summed E-state index contributed by atoms with van der Waals surface area (Å²) in [5.74, 6) is 3.18. The van der Waals surface area contributed by atoms with Gasteiger partial charge in [-0.15, -0.1) is 0 Å². The largest absolute Gasteiger partial charge is 0.393 e. The first-order chi connectivity index (χ1) is 15.1. The van der Waals surface area contributed by atoms with Crippen LogP contribution in [0.5, 0.6) is 0 Å². The maximum absolute atomic E-state index is 13.3. The molecular weight excluding hydrogens is 399 g/mol. The van der Waals surface area contributed by atoms with E-state index in [1.165, 1.54) is 50.7 Å². The van der Waals surface area contributed by atoms with Crippen molar-refractivity contribution in [3.05, 3.63) is 35.6 Å². The van der Waals surface area contributed by atoms with Crippen molar-refractivity contribution in [2.75, 3.05) is 0 Å². The number of aliphatic hydroxyl groups is 2. The Morgan fingerprint density at radius 2 is 1.62 bits per heavy atom. The standard InChI is InChI=1S/C29H43FO2/c1-27-15-13-22(31)18-20(27)6-9-23-24-10-11-26(28(24,2)16-14-25(23)27)29(3,32)17-12-19-4-7-21(30)8-5-19/h4-5,7-8,20,22-26,31-32H,6,9-18H2,1-3H3/t20-,22-,23-,24-,25-,26-,27-,28-,29-/m0/s1. The van der Waals surface area contributed by atoms with Crippen LogP contribution in [0.15, 0.2) is 24.3 Å². The van der Waals surface area contributed by atoms with Crippen molar-refractivity contribution in [1.82, 2.24) is 0 Å². The molecule has 0 saturated heterocycles. The van der Waals surface area contributed by atoms with Crippen LogP contribution in [0.1, 0.15) is 90.5 Å². The number of benzene rings is 1. The van der Waals surface area contributed by atoms with Crippen LogP contribution in [0, 0.1) is 46.2 Å². The topological polar surface area (TPSA) is 40.5 Å². The van der Waals surface area contributed by atoms with Crippen LogP contribution in [0.3, 0.4) is 0 Å². The molecule has 0 heterocycles. The third-order valence-corrected chi connectivity index (χ3v) is 11.2. The van der Waals surface area contributed by atoms with Gasteiger partial charge in [-0.05, 0) is 136 Å². The summed E-state index contributed by atoms with van der Waals surface area (Å²) in [5.41, 5.74) is 1.07. The van der Waals surface area contributed by atoms with Gasteiger partial charge in [0.05, 0.1) is 11.7 Å². The molecule has 0 bridgehead atoms. The van der Waals surface area contributed by atoms with Crippen molar-refractivity contribution in [3.63, 3.8) is 0 Å². The van der Waals surface area contributed by atoms with E-state index in [2.05, 4.69) is 20.8 Å². The molecule has 2 nitrogen and oxygen atoms in total. The first-order valence-electron chi connectivity index (χ1n) is 13.3. The number of fused-ring (bicyclic) bond motifs is 5. The van der Waals surface area contributed by atoms with Crippen LogP contribution >= 0.6 is 0 Å². The second-order valence-corrected chi connectivity index (χ2v) is 12.7. The fourth-order valence-electron chi connectivity index (χ4n) is 9.48. The summed E-state index contributed by atoms with van der Waals surface area (Å²) in [4.78, 5) is 0. The van der Waals surface area contributed by atoms with E-state index in [0.717, 1.165) is 55.4 Å². The predicted octanol–water partition coefficient (Wildman–Crippen LogP) is 6.53. The SMILES string of the molecule is C[C@]12CC[C@H](O)C[C@@H]1CC[C@@H]1[C@@H]2CC[C@@]2(C)[C@H]1CC[C@@H]2[C@@](C)(O)CCc1ccc(F)cc1. The molecule has 4 aliphatic rings. The Hall–Kier alpha value is -0.930. The minimum atomic E-state index is -0.680. The highest BCUT2D eigenvalue weighted by atomic mass is 19.1. The predicted molar refractivity (Wildman–Crippen MR) is 127 cm³/mol. The first-order valence-corrected chi connectivity index (χ1v) is 13.3. The van der Waals surface area contributed by atoms with Gasteiger partial charge in [-0.25, -0.2) is 4.39 Å². The molecule has 0 aromatic heterocycles. The maximum atomic E-state index is 13.3. The first kappa shape index (κ1) is 22.8. The quantitative estimate of drug-likeness (QED) is 0.556. The Morgan fingerprint density at radius 1 is 0.938 bits per heavy atom. The molecule has 9 atom stereocenters. The van der Waals surface area contributed by atoms with E-state index in [-0.39, 0.29) is 17.3 Å². The number of hydrogen-bond donors (Lipinski definition) is 2. The minimum absolute atomic E-state index is 0.0782. The van der Waals surface area contributed by atoms with Crippen molar-refractivity contribution in [2.45, 2.75) is 103 Å². The Balaban J connectivity index is 1.31. The summed E-state index contributed by atoms with van der Waals surface area (Å²) < 4.78 is 13.3. The number of halogens is 1. The minimum Gasteiger partial charge on any atom is -0.393 e. The third-order valence-electron chi connectivity index (χ3n) is 11.2. The molecule has 4 fully saturated rings. The molecule has 2 N–H and O–H groups in total. The van der Waals surface area contributed by atoms with Crippen LogP contribution < -0.4 is 0 Å².